The molecule has 2 aromatic carbocycles. The van der Waals surface area contributed by atoms with E-state index in [0.717, 1.165) is 36.1 Å². The number of benzene rings is 2. The lowest BCUT2D eigenvalue weighted by Crippen LogP contribution is -2.42. The van der Waals surface area contributed by atoms with Crippen LogP contribution in [-0.4, -0.2) is 29.2 Å². The van der Waals surface area contributed by atoms with Crippen molar-refractivity contribution in [1.82, 2.24) is 4.90 Å². The summed E-state index contributed by atoms with van der Waals surface area (Å²) in [4.78, 5) is 20.5. The van der Waals surface area contributed by atoms with Crippen molar-refractivity contribution in [3.63, 3.8) is 0 Å². The molecule has 2 aliphatic rings. The number of hydrogen-bond donors (Lipinski definition) is 0. The molecule has 1 aliphatic heterocycles. The van der Waals surface area contributed by atoms with Crippen molar-refractivity contribution in [2.75, 3.05) is 6.54 Å². The van der Waals surface area contributed by atoms with E-state index < -0.39 is 0 Å². The molecule has 28 heavy (non-hydrogen) atoms. The van der Waals surface area contributed by atoms with E-state index in [1.807, 2.05) is 17.0 Å². The first kappa shape index (κ1) is 18.7. The summed E-state index contributed by atoms with van der Waals surface area (Å²) in [6.45, 7) is 3.02. The van der Waals surface area contributed by atoms with Crippen LogP contribution in [0.2, 0.25) is 0 Å². The summed E-state index contributed by atoms with van der Waals surface area (Å²) in [5.74, 6) is 0.0122. The summed E-state index contributed by atoms with van der Waals surface area (Å²) < 4.78 is 13.2. The SMILES string of the molecule is Cc1ccccc1C1=NOC(CN(Cc2ccc(F)cc2)C(=O)C2CCC2)C1. The van der Waals surface area contributed by atoms with Crippen LogP contribution in [-0.2, 0) is 16.2 Å². The Balaban J connectivity index is 1.44. The van der Waals surface area contributed by atoms with Gasteiger partial charge in [0.2, 0.25) is 5.91 Å². The third-order valence-electron chi connectivity index (χ3n) is 5.67. The number of halogens is 1. The summed E-state index contributed by atoms with van der Waals surface area (Å²) >= 11 is 0. The van der Waals surface area contributed by atoms with Gasteiger partial charge in [-0.2, -0.15) is 0 Å². The minimum absolute atomic E-state index is 0.110. The molecule has 0 radical (unpaired) electrons. The molecule has 4 rings (SSSR count). The Morgan fingerprint density at radius 3 is 2.61 bits per heavy atom. The summed E-state index contributed by atoms with van der Waals surface area (Å²) in [7, 11) is 0. The van der Waals surface area contributed by atoms with Crippen LogP contribution in [0.5, 0.6) is 0 Å². The Hall–Kier alpha value is -2.69. The average molecular weight is 380 g/mol. The zero-order chi connectivity index (χ0) is 19.5. The number of amides is 1. The zero-order valence-electron chi connectivity index (χ0n) is 16.1. The van der Waals surface area contributed by atoms with Crippen LogP contribution < -0.4 is 0 Å². The molecule has 0 spiro atoms. The number of oxime groups is 1. The molecule has 2 aromatic rings. The number of carbonyl (C=O) groups excluding carboxylic acids is 1. The summed E-state index contributed by atoms with van der Waals surface area (Å²) in [5, 5.41) is 4.29. The molecule has 1 saturated carbocycles. The number of rotatable bonds is 6. The standard InChI is InChI=1S/C23H25FN2O2/c1-16-5-2-3-8-21(16)22-13-20(28-25-22)15-26(23(27)18-6-4-7-18)14-17-9-11-19(24)12-10-17/h2-3,5,8-12,18,20H,4,6-7,13-15H2,1H3. The molecule has 0 saturated heterocycles. The molecule has 0 aromatic heterocycles. The van der Waals surface area contributed by atoms with Gasteiger partial charge >= 0.3 is 0 Å². The Kier molecular flexibility index (Phi) is 5.42. The topological polar surface area (TPSA) is 41.9 Å². The molecule has 0 bridgehead atoms. The Labute approximate surface area is 165 Å². The fraction of sp³-hybridized carbons (Fsp3) is 0.391. The van der Waals surface area contributed by atoms with Gasteiger partial charge in [0.15, 0.2) is 6.10 Å². The highest BCUT2D eigenvalue weighted by atomic mass is 19.1. The van der Waals surface area contributed by atoms with Gasteiger partial charge in [0, 0.05) is 24.4 Å². The molecule has 5 heteroatoms. The van der Waals surface area contributed by atoms with Crippen LogP contribution in [0.1, 0.15) is 42.4 Å². The van der Waals surface area contributed by atoms with Crippen LogP contribution in [0.3, 0.4) is 0 Å². The number of nitrogens with zero attached hydrogens (tertiary/aromatic N) is 2. The van der Waals surface area contributed by atoms with E-state index in [2.05, 4.69) is 24.2 Å². The van der Waals surface area contributed by atoms with Crippen LogP contribution in [0, 0.1) is 18.7 Å². The van der Waals surface area contributed by atoms with Gasteiger partial charge in [0.05, 0.1) is 12.3 Å². The van der Waals surface area contributed by atoms with E-state index in [0.29, 0.717) is 19.5 Å². The minimum Gasteiger partial charge on any atom is -0.390 e. The maximum absolute atomic E-state index is 13.2. The lowest BCUT2D eigenvalue weighted by atomic mass is 9.84. The third-order valence-corrected chi connectivity index (χ3v) is 5.67. The fourth-order valence-corrected chi connectivity index (χ4v) is 3.78. The molecule has 1 atom stereocenters. The van der Waals surface area contributed by atoms with Crippen molar-refractivity contribution < 1.29 is 14.0 Å². The minimum atomic E-state index is -0.268. The third kappa shape index (κ3) is 4.08. The molecule has 1 unspecified atom stereocenters. The molecule has 1 heterocycles. The van der Waals surface area contributed by atoms with Gasteiger partial charge in [0.25, 0.3) is 0 Å². The maximum atomic E-state index is 13.2. The Morgan fingerprint density at radius 1 is 1.18 bits per heavy atom. The highest BCUT2D eigenvalue weighted by molar-refractivity contribution is 6.02. The number of aryl methyl sites for hydroxylation is 1. The van der Waals surface area contributed by atoms with Gasteiger partial charge in [0.1, 0.15) is 5.82 Å². The van der Waals surface area contributed by atoms with Crippen molar-refractivity contribution in [3.8, 4) is 0 Å². The second-order valence-corrected chi connectivity index (χ2v) is 7.76. The zero-order valence-corrected chi connectivity index (χ0v) is 16.1. The predicted molar refractivity (Wildman–Crippen MR) is 106 cm³/mol. The van der Waals surface area contributed by atoms with E-state index in [9.17, 15) is 9.18 Å². The quantitative estimate of drug-likeness (QED) is 0.743. The smallest absolute Gasteiger partial charge is 0.226 e. The van der Waals surface area contributed by atoms with Crippen molar-refractivity contribution in [2.45, 2.75) is 45.3 Å². The first-order valence-electron chi connectivity index (χ1n) is 9.92. The van der Waals surface area contributed by atoms with Crippen molar-refractivity contribution in [1.29, 1.82) is 0 Å². The normalized spacial score (nSPS) is 18.9. The molecule has 0 N–H and O–H groups in total. The van der Waals surface area contributed by atoms with Gasteiger partial charge < -0.3 is 9.74 Å². The van der Waals surface area contributed by atoms with Crippen LogP contribution >= 0.6 is 0 Å². The van der Waals surface area contributed by atoms with E-state index in [-0.39, 0.29) is 23.7 Å². The molecular weight excluding hydrogens is 355 g/mol. The fourth-order valence-electron chi connectivity index (χ4n) is 3.78. The molecule has 1 amide bonds. The molecule has 146 valence electrons. The van der Waals surface area contributed by atoms with Gasteiger partial charge in [-0.3, -0.25) is 4.79 Å². The molecule has 1 fully saturated rings. The van der Waals surface area contributed by atoms with Crippen LogP contribution in [0.15, 0.2) is 53.7 Å². The molecule has 1 aliphatic carbocycles. The number of hydrogen-bond acceptors (Lipinski definition) is 3. The maximum Gasteiger partial charge on any atom is 0.226 e. The van der Waals surface area contributed by atoms with Crippen molar-refractivity contribution in [3.05, 3.63) is 71.0 Å². The predicted octanol–water partition coefficient (Wildman–Crippen LogP) is 4.46. The van der Waals surface area contributed by atoms with E-state index in [4.69, 9.17) is 4.84 Å². The second-order valence-electron chi connectivity index (χ2n) is 7.76. The summed E-state index contributed by atoms with van der Waals surface area (Å²) in [6, 6.07) is 14.5. The van der Waals surface area contributed by atoms with E-state index in [1.165, 1.54) is 17.7 Å². The van der Waals surface area contributed by atoms with E-state index in [1.54, 1.807) is 12.1 Å². The monoisotopic (exact) mass is 380 g/mol. The van der Waals surface area contributed by atoms with Gasteiger partial charge in [-0.1, -0.05) is 48.0 Å². The van der Waals surface area contributed by atoms with Crippen molar-refractivity contribution in [2.24, 2.45) is 11.1 Å². The Bertz CT molecular complexity index is 874. The van der Waals surface area contributed by atoms with Gasteiger partial charge in [-0.15, -0.1) is 0 Å². The lowest BCUT2D eigenvalue weighted by molar-refractivity contribution is -0.140. The molecule has 4 nitrogen and oxygen atoms in total. The highest BCUT2D eigenvalue weighted by Crippen LogP contribution is 2.30. The van der Waals surface area contributed by atoms with Crippen molar-refractivity contribution >= 4 is 11.6 Å². The first-order chi connectivity index (χ1) is 13.6. The number of carbonyl (C=O) groups is 1. The second kappa shape index (κ2) is 8.13. The summed E-state index contributed by atoms with van der Waals surface area (Å²) in [5.41, 5.74) is 4.12. The van der Waals surface area contributed by atoms with Crippen LogP contribution in [0.4, 0.5) is 4.39 Å². The average Bonchev–Trinajstić information content (AvgIpc) is 3.10. The largest absolute Gasteiger partial charge is 0.390 e. The van der Waals surface area contributed by atoms with E-state index >= 15 is 0 Å². The Morgan fingerprint density at radius 2 is 1.93 bits per heavy atom. The first-order valence-corrected chi connectivity index (χ1v) is 9.92. The summed E-state index contributed by atoms with van der Waals surface area (Å²) in [6.07, 6.45) is 3.55. The van der Waals surface area contributed by atoms with Crippen LogP contribution in [0.25, 0.3) is 0 Å². The lowest BCUT2D eigenvalue weighted by Gasteiger charge is -2.32. The molecular formula is C23H25FN2O2. The van der Waals surface area contributed by atoms with Gasteiger partial charge in [-0.25, -0.2) is 4.39 Å². The highest BCUT2D eigenvalue weighted by Gasteiger charge is 2.33. The van der Waals surface area contributed by atoms with Gasteiger partial charge in [-0.05, 0) is 43.0 Å².